The summed E-state index contributed by atoms with van der Waals surface area (Å²) >= 11 is 1.84. The number of aryl methyl sites for hydroxylation is 1. The summed E-state index contributed by atoms with van der Waals surface area (Å²) in [5.74, 6) is 0. The smallest absolute Gasteiger partial charge is 0.0410 e. The largest absolute Gasteiger partial charge is 0.310 e. The van der Waals surface area contributed by atoms with E-state index < -0.39 is 0 Å². The molecule has 1 aliphatic rings. The molecular formula is C22H22N2S. The maximum Gasteiger partial charge on any atom is 0.0410 e. The van der Waals surface area contributed by atoms with E-state index in [9.17, 15) is 0 Å². The van der Waals surface area contributed by atoms with Gasteiger partial charge in [-0.3, -0.25) is 4.98 Å². The number of hydrogen-bond donors (Lipinski definition) is 1. The summed E-state index contributed by atoms with van der Waals surface area (Å²) in [6, 6.07) is 19.7. The molecule has 1 aromatic carbocycles. The average molecular weight is 346 g/mol. The molecular weight excluding hydrogens is 324 g/mol. The van der Waals surface area contributed by atoms with Crippen LogP contribution in [-0.4, -0.2) is 17.6 Å². The number of benzene rings is 1. The predicted octanol–water partition coefficient (Wildman–Crippen LogP) is 5.19. The molecule has 1 aliphatic heterocycles. The average Bonchev–Trinajstić information content (AvgIpc) is 3.23. The molecule has 2 nitrogen and oxygen atoms in total. The third kappa shape index (κ3) is 4.06. The topological polar surface area (TPSA) is 24.9 Å². The molecule has 0 fully saturated rings. The number of hydrogen-bond acceptors (Lipinski definition) is 3. The van der Waals surface area contributed by atoms with Crippen molar-refractivity contribution in [2.75, 3.05) is 6.54 Å². The molecule has 0 spiro atoms. The van der Waals surface area contributed by atoms with E-state index in [1.54, 1.807) is 0 Å². The molecule has 3 aromatic rings. The minimum absolute atomic E-state index is 0.532. The van der Waals surface area contributed by atoms with Gasteiger partial charge in [0.1, 0.15) is 0 Å². The Morgan fingerprint density at radius 3 is 2.80 bits per heavy atom. The molecule has 0 aliphatic carbocycles. The summed E-state index contributed by atoms with van der Waals surface area (Å²) in [7, 11) is 0. The Hall–Kier alpha value is -2.23. The van der Waals surface area contributed by atoms with Crippen LogP contribution in [0.1, 0.15) is 23.4 Å². The lowest BCUT2D eigenvalue weighted by atomic mass is 9.96. The monoisotopic (exact) mass is 346 g/mol. The molecule has 0 saturated carbocycles. The first-order valence-corrected chi connectivity index (χ1v) is 9.73. The van der Waals surface area contributed by atoms with Crippen molar-refractivity contribution in [2.45, 2.75) is 25.3 Å². The Bertz CT molecular complexity index is 837. The van der Waals surface area contributed by atoms with Crippen LogP contribution in [0.3, 0.4) is 0 Å². The highest BCUT2D eigenvalue weighted by Crippen LogP contribution is 2.28. The van der Waals surface area contributed by atoms with Crippen LogP contribution in [-0.2, 0) is 6.42 Å². The molecule has 0 saturated heterocycles. The summed E-state index contributed by atoms with van der Waals surface area (Å²) in [6.07, 6.45) is 7.50. The van der Waals surface area contributed by atoms with Crippen molar-refractivity contribution < 1.29 is 0 Å². The first-order chi connectivity index (χ1) is 12.4. The molecule has 3 heterocycles. The van der Waals surface area contributed by atoms with Gasteiger partial charge < -0.3 is 5.32 Å². The number of thiophene rings is 1. The van der Waals surface area contributed by atoms with E-state index in [0.29, 0.717) is 6.04 Å². The number of nitrogens with one attached hydrogen (secondary N) is 1. The lowest BCUT2D eigenvalue weighted by molar-refractivity contribution is 0.499. The van der Waals surface area contributed by atoms with E-state index in [4.69, 9.17) is 0 Å². The third-order valence-electron chi connectivity index (χ3n) is 4.73. The predicted molar refractivity (Wildman–Crippen MR) is 107 cm³/mol. The van der Waals surface area contributed by atoms with Gasteiger partial charge in [-0.15, -0.1) is 11.3 Å². The first kappa shape index (κ1) is 16.2. The molecule has 1 unspecified atom stereocenters. The zero-order chi connectivity index (χ0) is 16.9. The summed E-state index contributed by atoms with van der Waals surface area (Å²) < 4.78 is 0. The van der Waals surface area contributed by atoms with Gasteiger partial charge in [0.15, 0.2) is 0 Å². The van der Waals surface area contributed by atoms with Crippen molar-refractivity contribution in [1.82, 2.24) is 10.3 Å². The highest BCUT2D eigenvalue weighted by atomic mass is 32.1. The molecule has 0 radical (unpaired) electrons. The Morgan fingerprint density at radius 2 is 1.96 bits per heavy atom. The molecule has 0 bridgehead atoms. The fraction of sp³-hybridized carbons (Fsp3) is 0.227. The van der Waals surface area contributed by atoms with E-state index in [1.165, 1.54) is 27.3 Å². The highest BCUT2D eigenvalue weighted by Gasteiger charge is 2.16. The van der Waals surface area contributed by atoms with Crippen LogP contribution in [0.25, 0.3) is 16.7 Å². The van der Waals surface area contributed by atoms with Crippen molar-refractivity contribution in [3.63, 3.8) is 0 Å². The van der Waals surface area contributed by atoms with Crippen LogP contribution in [0, 0.1) is 0 Å². The molecule has 25 heavy (non-hydrogen) atoms. The van der Waals surface area contributed by atoms with E-state index in [1.807, 2.05) is 17.5 Å². The van der Waals surface area contributed by atoms with Crippen LogP contribution in [0.5, 0.6) is 0 Å². The summed E-state index contributed by atoms with van der Waals surface area (Å²) in [5.41, 5.74) is 5.17. The van der Waals surface area contributed by atoms with Gasteiger partial charge in [-0.2, -0.15) is 0 Å². The van der Waals surface area contributed by atoms with Gasteiger partial charge in [0.05, 0.1) is 0 Å². The Morgan fingerprint density at radius 1 is 1.04 bits per heavy atom. The number of pyridine rings is 1. The van der Waals surface area contributed by atoms with Crippen LogP contribution >= 0.6 is 11.3 Å². The minimum Gasteiger partial charge on any atom is -0.310 e. The van der Waals surface area contributed by atoms with E-state index >= 15 is 0 Å². The van der Waals surface area contributed by atoms with E-state index in [0.717, 1.165) is 25.8 Å². The van der Waals surface area contributed by atoms with Crippen molar-refractivity contribution in [3.05, 3.63) is 82.8 Å². The van der Waals surface area contributed by atoms with Crippen molar-refractivity contribution in [2.24, 2.45) is 0 Å². The normalized spacial score (nSPS) is 17.3. The van der Waals surface area contributed by atoms with Gasteiger partial charge >= 0.3 is 0 Å². The lowest BCUT2D eigenvalue weighted by Gasteiger charge is -2.24. The van der Waals surface area contributed by atoms with Crippen LogP contribution in [0.4, 0.5) is 0 Å². The second-order valence-corrected chi connectivity index (χ2v) is 7.40. The Balaban J connectivity index is 1.40. The van der Waals surface area contributed by atoms with Crippen molar-refractivity contribution in [1.29, 1.82) is 0 Å². The van der Waals surface area contributed by atoms with Crippen LogP contribution < -0.4 is 5.32 Å². The van der Waals surface area contributed by atoms with Crippen LogP contribution in [0.2, 0.25) is 0 Å². The number of rotatable bonds is 5. The summed E-state index contributed by atoms with van der Waals surface area (Å²) in [6.45, 7) is 0.968. The fourth-order valence-corrected chi connectivity index (χ4v) is 4.16. The van der Waals surface area contributed by atoms with Gasteiger partial charge in [0, 0.05) is 29.4 Å². The molecule has 0 amide bonds. The summed E-state index contributed by atoms with van der Waals surface area (Å²) in [4.78, 5) is 5.99. The van der Waals surface area contributed by atoms with E-state index in [-0.39, 0.29) is 0 Å². The molecule has 1 N–H and O–H groups in total. The molecule has 4 rings (SSSR count). The Labute approximate surface area is 153 Å². The SMILES string of the molecule is C1=C(c2cccs2)CC(CCc2cc(-c3ccccc3)ccn2)NC1. The van der Waals surface area contributed by atoms with E-state index in [2.05, 4.69) is 76.4 Å². The third-order valence-corrected chi connectivity index (χ3v) is 5.68. The van der Waals surface area contributed by atoms with Crippen molar-refractivity contribution >= 4 is 16.9 Å². The van der Waals surface area contributed by atoms with Gasteiger partial charge in [0.2, 0.25) is 0 Å². The Kier molecular flexibility index (Phi) is 5.05. The quantitative estimate of drug-likeness (QED) is 0.688. The molecule has 126 valence electrons. The highest BCUT2D eigenvalue weighted by molar-refractivity contribution is 7.11. The second-order valence-electron chi connectivity index (χ2n) is 6.46. The van der Waals surface area contributed by atoms with Gasteiger partial charge in [-0.1, -0.05) is 42.5 Å². The maximum absolute atomic E-state index is 4.58. The summed E-state index contributed by atoms with van der Waals surface area (Å²) in [5, 5.41) is 5.79. The zero-order valence-electron chi connectivity index (χ0n) is 14.2. The maximum atomic E-state index is 4.58. The number of nitrogens with zero attached hydrogens (tertiary/aromatic N) is 1. The number of aromatic nitrogens is 1. The molecule has 2 aromatic heterocycles. The lowest BCUT2D eigenvalue weighted by Crippen LogP contribution is -2.33. The molecule has 3 heteroatoms. The van der Waals surface area contributed by atoms with Gasteiger partial charge in [0.25, 0.3) is 0 Å². The van der Waals surface area contributed by atoms with Crippen LogP contribution in [0.15, 0.2) is 72.3 Å². The van der Waals surface area contributed by atoms with Crippen molar-refractivity contribution in [3.8, 4) is 11.1 Å². The minimum atomic E-state index is 0.532. The van der Waals surface area contributed by atoms with Gasteiger partial charge in [-0.25, -0.2) is 0 Å². The van der Waals surface area contributed by atoms with Gasteiger partial charge in [-0.05, 0) is 59.5 Å². The standard InChI is InChI=1S/C22H22N2S/c1-2-5-17(6-3-1)18-10-12-23-20(15-18)8-9-21-16-19(11-13-24-21)22-7-4-14-25-22/h1-7,10-12,14-15,21,24H,8-9,13,16H2. The molecule has 1 atom stereocenters. The zero-order valence-corrected chi connectivity index (χ0v) is 15.0. The second kappa shape index (κ2) is 7.77. The fourth-order valence-electron chi connectivity index (χ4n) is 3.38. The first-order valence-electron chi connectivity index (χ1n) is 8.85.